The summed E-state index contributed by atoms with van der Waals surface area (Å²) in [6, 6.07) is 0. The van der Waals surface area contributed by atoms with Gasteiger partial charge in [-0.05, 0) is 44.4 Å². The summed E-state index contributed by atoms with van der Waals surface area (Å²) >= 11 is 5.96. The van der Waals surface area contributed by atoms with E-state index in [9.17, 15) is 8.42 Å². The maximum absolute atomic E-state index is 11.7. The van der Waals surface area contributed by atoms with Gasteiger partial charge in [0.1, 0.15) is 0 Å². The van der Waals surface area contributed by atoms with Crippen molar-refractivity contribution in [2.24, 2.45) is 11.3 Å². The fourth-order valence-electron chi connectivity index (χ4n) is 1.77. The molecule has 4 heteroatoms. The summed E-state index contributed by atoms with van der Waals surface area (Å²) in [5.41, 5.74) is 0.0313. The first-order valence-corrected chi connectivity index (χ1v) is 7.84. The molecule has 0 spiro atoms. The van der Waals surface area contributed by atoms with Crippen molar-refractivity contribution >= 4 is 21.4 Å². The molecule has 1 unspecified atom stereocenters. The van der Waals surface area contributed by atoms with Crippen LogP contribution < -0.4 is 0 Å². The number of hydrogen-bond donors (Lipinski definition) is 0. The van der Waals surface area contributed by atoms with Gasteiger partial charge in [0.25, 0.3) is 0 Å². The highest BCUT2D eigenvalue weighted by Crippen LogP contribution is 2.48. The van der Waals surface area contributed by atoms with Crippen molar-refractivity contribution in [3.8, 4) is 0 Å². The molecule has 0 N–H and O–H groups in total. The fourth-order valence-corrected chi connectivity index (χ4v) is 3.35. The smallest absolute Gasteiger partial charge is 0.152 e. The van der Waals surface area contributed by atoms with E-state index in [0.29, 0.717) is 18.2 Å². The van der Waals surface area contributed by atoms with Gasteiger partial charge < -0.3 is 0 Å². The highest BCUT2D eigenvalue weighted by Gasteiger charge is 2.41. The van der Waals surface area contributed by atoms with Crippen molar-refractivity contribution < 1.29 is 8.42 Å². The lowest BCUT2D eigenvalue weighted by Gasteiger charge is -2.27. The van der Waals surface area contributed by atoms with Crippen LogP contribution in [0.15, 0.2) is 0 Å². The predicted molar refractivity (Wildman–Crippen MR) is 65.1 cm³/mol. The molecule has 1 saturated carbocycles. The molecule has 0 saturated heterocycles. The van der Waals surface area contributed by atoms with E-state index in [1.165, 1.54) is 12.8 Å². The van der Waals surface area contributed by atoms with Crippen LogP contribution in [0.2, 0.25) is 0 Å². The van der Waals surface area contributed by atoms with Crippen molar-refractivity contribution in [2.75, 3.05) is 11.6 Å². The lowest BCUT2D eigenvalue weighted by molar-refractivity contribution is 0.304. The van der Waals surface area contributed by atoms with Crippen LogP contribution in [-0.2, 0) is 9.84 Å². The number of rotatable bonds is 6. The zero-order valence-corrected chi connectivity index (χ0v) is 11.4. The monoisotopic (exact) mass is 252 g/mol. The third kappa shape index (κ3) is 3.35. The second-order valence-corrected chi connectivity index (χ2v) is 8.17. The van der Waals surface area contributed by atoms with Gasteiger partial charge in [-0.1, -0.05) is 6.92 Å². The lowest BCUT2D eigenvalue weighted by atomic mass is 9.84. The van der Waals surface area contributed by atoms with Crippen LogP contribution in [-0.4, -0.2) is 25.3 Å². The van der Waals surface area contributed by atoms with Gasteiger partial charge in [0, 0.05) is 5.88 Å². The van der Waals surface area contributed by atoms with Crippen LogP contribution in [0.25, 0.3) is 0 Å². The second kappa shape index (κ2) is 4.62. The van der Waals surface area contributed by atoms with Crippen LogP contribution in [0, 0.1) is 11.3 Å². The fraction of sp³-hybridized carbons (Fsp3) is 1.00. The Bertz CT molecular complexity index is 307. The van der Waals surface area contributed by atoms with E-state index >= 15 is 0 Å². The molecular weight excluding hydrogens is 232 g/mol. The van der Waals surface area contributed by atoms with Crippen LogP contribution in [0.4, 0.5) is 0 Å². The Balaban J connectivity index is 2.55. The summed E-state index contributed by atoms with van der Waals surface area (Å²) in [4.78, 5) is 0. The topological polar surface area (TPSA) is 34.1 Å². The first kappa shape index (κ1) is 13.3. The van der Waals surface area contributed by atoms with Gasteiger partial charge in [-0.2, -0.15) is 0 Å². The molecule has 0 aromatic rings. The van der Waals surface area contributed by atoms with Crippen molar-refractivity contribution in [3.05, 3.63) is 0 Å². The molecule has 0 heterocycles. The molecular formula is C11H21ClO2S. The molecule has 0 aromatic heterocycles. The Morgan fingerprint density at radius 1 is 1.40 bits per heavy atom. The standard InChI is InChI=1S/C11H21ClO2S/c1-9(2)15(13,14)7-6-11(3,8-12)10-4-5-10/h9-10H,4-8H2,1-3H3. The normalized spacial score (nSPS) is 21.7. The second-order valence-electron chi connectivity index (χ2n) is 5.23. The Morgan fingerprint density at radius 2 is 1.93 bits per heavy atom. The Kier molecular flexibility index (Phi) is 4.10. The summed E-state index contributed by atoms with van der Waals surface area (Å²) in [5, 5.41) is -0.267. The van der Waals surface area contributed by atoms with Gasteiger partial charge in [-0.15, -0.1) is 11.6 Å². The van der Waals surface area contributed by atoms with E-state index < -0.39 is 9.84 Å². The highest BCUT2D eigenvalue weighted by atomic mass is 35.5. The zero-order chi connectivity index (χ0) is 11.7. The van der Waals surface area contributed by atoms with E-state index in [1.54, 1.807) is 13.8 Å². The molecule has 0 bridgehead atoms. The first-order valence-electron chi connectivity index (χ1n) is 5.59. The Labute approximate surface area is 98.3 Å². The molecule has 1 rings (SSSR count). The number of sulfone groups is 1. The third-order valence-corrected chi connectivity index (χ3v) is 6.36. The minimum Gasteiger partial charge on any atom is -0.229 e. The lowest BCUT2D eigenvalue weighted by Crippen LogP contribution is -2.27. The van der Waals surface area contributed by atoms with Crippen LogP contribution >= 0.6 is 11.6 Å². The molecule has 15 heavy (non-hydrogen) atoms. The molecule has 0 radical (unpaired) electrons. The highest BCUT2D eigenvalue weighted by molar-refractivity contribution is 7.91. The van der Waals surface area contributed by atoms with Crippen molar-refractivity contribution in [3.63, 3.8) is 0 Å². The van der Waals surface area contributed by atoms with E-state index in [1.807, 2.05) is 0 Å². The maximum Gasteiger partial charge on any atom is 0.152 e. The summed E-state index contributed by atoms with van der Waals surface area (Å²) in [7, 11) is -2.91. The molecule has 1 atom stereocenters. The van der Waals surface area contributed by atoms with Crippen molar-refractivity contribution in [2.45, 2.75) is 45.3 Å². The molecule has 0 amide bonds. The summed E-state index contributed by atoms with van der Waals surface area (Å²) < 4.78 is 23.4. The van der Waals surface area contributed by atoms with E-state index in [2.05, 4.69) is 6.92 Å². The predicted octanol–water partition coefficient (Wildman–Crippen LogP) is 2.85. The molecule has 2 nitrogen and oxygen atoms in total. The zero-order valence-electron chi connectivity index (χ0n) is 9.79. The summed E-state index contributed by atoms with van der Waals surface area (Å²) in [6.07, 6.45) is 3.14. The molecule has 90 valence electrons. The van der Waals surface area contributed by atoms with Gasteiger partial charge in [-0.25, -0.2) is 8.42 Å². The van der Waals surface area contributed by atoms with Gasteiger partial charge in [0.05, 0.1) is 11.0 Å². The Morgan fingerprint density at radius 3 is 2.27 bits per heavy atom. The van der Waals surface area contributed by atoms with Crippen LogP contribution in [0.3, 0.4) is 0 Å². The molecule has 0 aliphatic heterocycles. The third-order valence-electron chi connectivity index (χ3n) is 3.54. The van der Waals surface area contributed by atoms with E-state index in [0.717, 1.165) is 0 Å². The van der Waals surface area contributed by atoms with E-state index in [-0.39, 0.29) is 16.4 Å². The van der Waals surface area contributed by atoms with Gasteiger partial charge >= 0.3 is 0 Å². The minimum absolute atomic E-state index is 0.0313. The largest absolute Gasteiger partial charge is 0.229 e. The van der Waals surface area contributed by atoms with Crippen molar-refractivity contribution in [1.82, 2.24) is 0 Å². The van der Waals surface area contributed by atoms with Gasteiger partial charge in [-0.3, -0.25) is 0 Å². The van der Waals surface area contributed by atoms with Crippen LogP contribution in [0.1, 0.15) is 40.0 Å². The number of halogens is 1. The Hall–Kier alpha value is 0.240. The summed E-state index contributed by atoms with van der Waals surface area (Å²) in [5.74, 6) is 1.51. The summed E-state index contributed by atoms with van der Waals surface area (Å²) in [6.45, 7) is 5.60. The van der Waals surface area contributed by atoms with Crippen LogP contribution in [0.5, 0.6) is 0 Å². The van der Waals surface area contributed by atoms with Gasteiger partial charge in [0.15, 0.2) is 9.84 Å². The molecule has 0 aromatic carbocycles. The molecule has 1 aliphatic rings. The average molecular weight is 253 g/mol. The van der Waals surface area contributed by atoms with Crippen molar-refractivity contribution in [1.29, 1.82) is 0 Å². The SMILES string of the molecule is CC(C)S(=O)(=O)CCC(C)(CCl)C1CC1. The minimum atomic E-state index is -2.91. The maximum atomic E-state index is 11.7. The van der Waals surface area contributed by atoms with E-state index in [4.69, 9.17) is 11.6 Å². The molecule has 1 fully saturated rings. The average Bonchev–Trinajstić information content (AvgIpc) is 2.97. The first-order chi connectivity index (χ1) is 6.82. The van der Waals surface area contributed by atoms with Gasteiger partial charge in [0.2, 0.25) is 0 Å². The quantitative estimate of drug-likeness (QED) is 0.682. The number of hydrogen-bond acceptors (Lipinski definition) is 2. The number of alkyl halides is 1. The molecule has 1 aliphatic carbocycles.